The summed E-state index contributed by atoms with van der Waals surface area (Å²) in [6.45, 7) is 2.17. The lowest BCUT2D eigenvalue weighted by atomic mass is 10.2. The molecule has 0 aliphatic heterocycles. The van der Waals surface area contributed by atoms with Crippen LogP contribution in [0.3, 0.4) is 0 Å². The van der Waals surface area contributed by atoms with Gasteiger partial charge in [0, 0.05) is 23.6 Å². The molecule has 118 valence electrons. The van der Waals surface area contributed by atoms with E-state index < -0.39 is 10.8 Å². The van der Waals surface area contributed by atoms with Crippen molar-refractivity contribution in [2.45, 2.75) is 19.3 Å². The van der Waals surface area contributed by atoms with E-state index in [2.05, 4.69) is 17.5 Å². The van der Waals surface area contributed by atoms with Gasteiger partial charge in [-0.2, -0.15) is 5.10 Å². The number of benzene rings is 1. The maximum atomic E-state index is 11.9. The van der Waals surface area contributed by atoms with E-state index in [4.69, 9.17) is 4.42 Å². The van der Waals surface area contributed by atoms with E-state index in [1.165, 1.54) is 30.5 Å². The fraction of sp³-hybridized carbons (Fsp3) is 0.250. The van der Waals surface area contributed by atoms with Crippen LogP contribution in [0.1, 0.15) is 41.1 Å². The summed E-state index contributed by atoms with van der Waals surface area (Å²) < 4.78 is 5.63. The molecule has 1 aliphatic rings. The predicted molar refractivity (Wildman–Crippen MR) is 83.4 cm³/mol. The van der Waals surface area contributed by atoms with Crippen LogP contribution in [0.15, 0.2) is 45.9 Å². The lowest BCUT2D eigenvalue weighted by Gasteiger charge is -1.98. The Kier molecular flexibility index (Phi) is 3.92. The maximum absolute atomic E-state index is 11.9. The van der Waals surface area contributed by atoms with E-state index in [1.807, 2.05) is 12.1 Å². The van der Waals surface area contributed by atoms with Crippen LogP contribution >= 0.6 is 0 Å². The Balaban J connectivity index is 1.57. The number of hydrogen-bond acceptors (Lipinski definition) is 5. The molecule has 0 unspecified atom stereocenters. The van der Waals surface area contributed by atoms with Crippen LogP contribution in [-0.4, -0.2) is 17.0 Å². The average Bonchev–Trinajstić information content (AvgIpc) is 3.09. The third kappa shape index (κ3) is 3.45. The quantitative estimate of drug-likeness (QED) is 0.521. The first-order valence-corrected chi connectivity index (χ1v) is 7.22. The lowest BCUT2D eigenvalue weighted by Crippen LogP contribution is -2.17. The molecule has 1 aliphatic carbocycles. The summed E-state index contributed by atoms with van der Waals surface area (Å²) in [7, 11) is 0. The molecule has 0 radical (unpaired) electrons. The SMILES string of the molecule is C[C@H]1C[C@H]1c1ccc(/C=N\NC(=O)c2ccc([N+](=O)[O-])cc2)o1. The molecule has 0 bridgehead atoms. The number of rotatable bonds is 5. The highest BCUT2D eigenvalue weighted by Gasteiger charge is 2.36. The normalized spacial score (nSPS) is 19.7. The van der Waals surface area contributed by atoms with Crippen molar-refractivity contribution >= 4 is 17.8 Å². The van der Waals surface area contributed by atoms with E-state index in [-0.39, 0.29) is 5.69 Å². The van der Waals surface area contributed by atoms with Crippen molar-refractivity contribution in [3.63, 3.8) is 0 Å². The van der Waals surface area contributed by atoms with E-state index >= 15 is 0 Å². The number of nitro benzene ring substituents is 1. The van der Waals surface area contributed by atoms with E-state index in [1.54, 1.807) is 0 Å². The van der Waals surface area contributed by atoms with Gasteiger partial charge in [-0.05, 0) is 36.6 Å². The third-order valence-electron chi connectivity index (χ3n) is 3.82. The number of nitrogens with zero attached hydrogens (tertiary/aromatic N) is 2. The maximum Gasteiger partial charge on any atom is 0.271 e. The van der Waals surface area contributed by atoms with E-state index in [0.29, 0.717) is 23.2 Å². The van der Waals surface area contributed by atoms with Gasteiger partial charge in [-0.15, -0.1) is 0 Å². The number of carbonyl (C=O) groups is 1. The molecule has 0 saturated heterocycles. The first-order valence-electron chi connectivity index (χ1n) is 7.22. The van der Waals surface area contributed by atoms with Crippen molar-refractivity contribution < 1.29 is 14.1 Å². The fourth-order valence-corrected chi connectivity index (χ4v) is 2.31. The molecule has 1 aromatic carbocycles. The molecule has 7 nitrogen and oxygen atoms in total. The van der Waals surface area contributed by atoms with E-state index in [0.717, 1.165) is 12.2 Å². The van der Waals surface area contributed by atoms with Gasteiger partial charge in [0.1, 0.15) is 11.5 Å². The highest BCUT2D eigenvalue weighted by molar-refractivity contribution is 5.94. The van der Waals surface area contributed by atoms with Gasteiger partial charge in [0.05, 0.1) is 11.1 Å². The summed E-state index contributed by atoms with van der Waals surface area (Å²) in [4.78, 5) is 21.9. The van der Waals surface area contributed by atoms with Crippen LogP contribution in [0.5, 0.6) is 0 Å². The van der Waals surface area contributed by atoms with Crippen molar-refractivity contribution in [1.82, 2.24) is 5.43 Å². The molecule has 0 spiro atoms. The summed E-state index contributed by atoms with van der Waals surface area (Å²) in [6, 6.07) is 9.03. The summed E-state index contributed by atoms with van der Waals surface area (Å²) >= 11 is 0. The number of nitro groups is 1. The second-order valence-electron chi connectivity index (χ2n) is 5.56. The van der Waals surface area contributed by atoms with Crippen LogP contribution in [0.25, 0.3) is 0 Å². The zero-order valence-electron chi connectivity index (χ0n) is 12.4. The van der Waals surface area contributed by atoms with Gasteiger partial charge in [-0.1, -0.05) is 6.92 Å². The topological polar surface area (TPSA) is 97.7 Å². The van der Waals surface area contributed by atoms with Crippen molar-refractivity contribution in [2.24, 2.45) is 11.0 Å². The molecule has 2 atom stereocenters. The average molecular weight is 313 g/mol. The molecule has 1 amide bonds. The molecule has 1 fully saturated rings. The van der Waals surface area contributed by atoms with Crippen LogP contribution in [0.2, 0.25) is 0 Å². The number of hydrazone groups is 1. The van der Waals surface area contributed by atoms with E-state index in [9.17, 15) is 14.9 Å². The number of furan rings is 1. The fourth-order valence-electron chi connectivity index (χ4n) is 2.31. The molecule has 23 heavy (non-hydrogen) atoms. The van der Waals surface area contributed by atoms with Crippen molar-refractivity contribution in [1.29, 1.82) is 0 Å². The molecule has 1 aromatic heterocycles. The zero-order chi connectivity index (χ0) is 16.4. The minimum Gasteiger partial charge on any atom is -0.460 e. The summed E-state index contributed by atoms with van der Waals surface area (Å²) in [5, 5.41) is 14.4. The largest absolute Gasteiger partial charge is 0.460 e. The molecular formula is C16H15N3O4. The van der Waals surface area contributed by atoms with Crippen LogP contribution < -0.4 is 5.43 Å². The second-order valence-corrected chi connectivity index (χ2v) is 5.56. The molecule has 1 N–H and O–H groups in total. The number of amides is 1. The number of hydrogen-bond donors (Lipinski definition) is 1. The minimum atomic E-state index is -0.519. The van der Waals surface area contributed by atoms with Gasteiger partial charge >= 0.3 is 0 Å². The molecule has 2 aromatic rings. The molecular weight excluding hydrogens is 298 g/mol. The van der Waals surface area contributed by atoms with Gasteiger partial charge in [0.25, 0.3) is 11.6 Å². The van der Waals surface area contributed by atoms with Gasteiger partial charge < -0.3 is 4.42 Å². The Morgan fingerprint density at radius 3 is 2.65 bits per heavy atom. The second kappa shape index (κ2) is 6.04. The van der Waals surface area contributed by atoms with Crippen molar-refractivity contribution in [3.05, 3.63) is 63.6 Å². The highest BCUT2D eigenvalue weighted by atomic mass is 16.6. The van der Waals surface area contributed by atoms with Crippen molar-refractivity contribution in [3.8, 4) is 0 Å². The Morgan fingerprint density at radius 2 is 2.04 bits per heavy atom. The smallest absolute Gasteiger partial charge is 0.271 e. The van der Waals surface area contributed by atoms with Gasteiger partial charge in [0.2, 0.25) is 0 Å². The summed E-state index contributed by atoms with van der Waals surface area (Å²) in [5.41, 5.74) is 2.58. The Labute approximate surface area is 132 Å². The molecule has 7 heteroatoms. The molecule has 1 heterocycles. The standard InChI is InChI=1S/C16H15N3O4/c1-10-8-14(10)15-7-6-13(23-15)9-17-18-16(20)11-2-4-12(5-3-11)19(21)22/h2-7,9-10,14H,8H2,1H3,(H,18,20)/b17-9-/t10-,14+/m0/s1. The number of non-ortho nitro benzene ring substituents is 1. The van der Waals surface area contributed by atoms with Crippen LogP contribution in [-0.2, 0) is 0 Å². The number of carbonyl (C=O) groups excluding carboxylic acids is 1. The first kappa shape index (κ1) is 15.0. The van der Waals surface area contributed by atoms with Gasteiger partial charge in [-0.25, -0.2) is 5.43 Å². The zero-order valence-corrected chi connectivity index (χ0v) is 12.4. The van der Waals surface area contributed by atoms with Gasteiger partial charge in [-0.3, -0.25) is 14.9 Å². The highest BCUT2D eigenvalue weighted by Crippen LogP contribution is 2.47. The Hall–Kier alpha value is -2.96. The molecule has 3 rings (SSSR count). The number of nitrogens with one attached hydrogen (secondary N) is 1. The lowest BCUT2D eigenvalue weighted by molar-refractivity contribution is -0.384. The van der Waals surface area contributed by atoms with Crippen LogP contribution in [0, 0.1) is 16.0 Å². The Bertz CT molecular complexity index is 764. The van der Waals surface area contributed by atoms with Crippen molar-refractivity contribution in [2.75, 3.05) is 0 Å². The van der Waals surface area contributed by atoms with Gasteiger partial charge in [0.15, 0.2) is 0 Å². The predicted octanol–water partition coefficient (Wildman–Crippen LogP) is 3.08. The third-order valence-corrected chi connectivity index (χ3v) is 3.82. The first-order chi connectivity index (χ1) is 11.0. The molecule has 1 saturated carbocycles. The summed E-state index contributed by atoms with van der Waals surface area (Å²) in [6.07, 6.45) is 2.57. The summed E-state index contributed by atoms with van der Waals surface area (Å²) in [5.74, 6) is 2.22. The Morgan fingerprint density at radius 1 is 1.35 bits per heavy atom. The monoisotopic (exact) mass is 313 g/mol. The van der Waals surface area contributed by atoms with Crippen LogP contribution in [0.4, 0.5) is 5.69 Å². The minimum absolute atomic E-state index is 0.0672.